The number of carbonyl (C=O) groups excluding carboxylic acids is 1. The molecular weight excluding hydrogens is 260 g/mol. The van der Waals surface area contributed by atoms with Crippen molar-refractivity contribution in [1.29, 1.82) is 0 Å². The molecule has 3 rings (SSSR count). The Morgan fingerprint density at radius 2 is 2.00 bits per heavy atom. The molecule has 0 radical (unpaired) electrons. The molecule has 0 amide bonds. The van der Waals surface area contributed by atoms with E-state index in [0.717, 1.165) is 19.3 Å². The molecule has 108 valence electrons. The van der Waals surface area contributed by atoms with Gasteiger partial charge in [0.15, 0.2) is 0 Å². The third-order valence-electron chi connectivity index (χ3n) is 4.76. The van der Waals surface area contributed by atoms with Crippen molar-refractivity contribution in [2.45, 2.75) is 26.2 Å². The molecule has 6 heteroatoms. The summed E-state index contributed by atoms with van der Waals surface area (Å²) in [5, 5.41) is 0. The van der Waals surface area contributed by atoms with E-state index in [0.29, 0.717) is 25.4 Å². The number of hydrogen-bond acceptors (Lipinski definition) is 6. The van der Waals surface area contributed by atoms with E-state index < -0.39 is 10.9 Å². The maximum absolute atomic E-state index is 11.7. The van der Waals surface area contributed by atoms with Gasteiger partial charge in [0.1, 0.15) is 11.4 Å². The zero-order chi connectivity index (χ0) is 14.5. The zero-order valence-electron chi connectivity index (χ0n) is 11.5. The minimum Gasteiger partial charge on any atom is -0.466 e. The molecule has 1 unspecified atom stereocenters. The van der Waals surface area contributed by atoms with E-state index in [1.807, 2.05) is 11.8 Å². The van der Waals surface area contributed by atoms with Crippen LogP contribution in [0.4, 0.5) is 11.4 Å². The highest BCUT2D eigenvalue weighted by molar-refractivity contribution is 5.77. The molecule has 0 aromatic heterocycles. The van der Waals surface area contributed by atoms with E-state index in [4.69, 9.17) is 10.5 Å². The van der Waals surface area contributed by atoms with Crippen LogP contribution in [-0.2, 0) is 9.53 Å². The highest BCUT2D eigenvalue weighted by Crippen LogP contribution is 2.60. The predicted octanol–water partition coefficient (Wildman–Crippen LogP) is 0.0344. The molecule has 1 aliphatic heterocycles. The van der Waals surface area contributed by atoms with Crippen molar-refractivity contribution in [2.75, 3.05) is 30.3 Å². The van der Waals surface area contributed by atoms with Gasteiger partial charge in [-0.15, -0.1) is 0 Å². The second-order valence-electron chi connectivity index (χ2n) is 5.78. The Morgan fingerprint density at radius 3 is 2.55 bits per heavy atom. The summed E-state index contributed by atoms with van der Waals surface area (Å²) in [6.45, 7) is 3.57. The van der Waals surface area contributed by atoms with Crippen molar-refractivity contribution >= 4 is 17.3 Å². The molecule has 20 heavy (non-hydrogen) atoms. The van der Waals surface area contributed by atoms with Gasteiger partial charge in [0.25, 0.3) is 10.9 Å². The van der Waals surface area contributed by atoms with Crippen molar-refractivity contribution in [3.05, 3.63) is 20.4 Å². The topological polar surface area (TPSA) is 89.7 Å². The lowest BCUT2D eigenvalue weighted by Crippen LogP contribution is -2.46. The van der Waals surface area contributed by atoms with Gasteiger partial charge in [0.2, 0.25) is 0 Å². The number of carbonyl (C=O) groups is 1. The lowest BCUT2D eigenvalue weighted by molar-refractivity contribution is -0.145. The zero-order valence-corrected chi connectivity index (χ0v) is 11.5. The number of ether oxygens (including phenoxy) is 1. The first kappa shape index (κ1) is 13.1. The highest BCUT2D eigenvalue weighted by Gasteiger charge is 2.59. The Balaban J connectivity index is 1.63. The van der Waals surface area contributed by atoms with Gasteiger partial charge in [-0.05, 0) is 31.6 Å². The molecule has 1 heterocycles. The summed E-state index contributed by atoms with van der Waals surface area (Å²) in [7, 11) is 0. The Morgan fingerprint density at radius 1 is 1.35 bits per heavy atom. The average Bonchev–Trinajstić information content (AvgIpc) is 3.15. The number of nitrogens with zero attached hydrogens (tertiary/aromatic N) is 1. The SMILES string of the molecule is CCOC(=O)C1CC12CCN(c1c(N)c(=O)c1=O)CC2. The van der Waals surface area contributed by atoms with Crippen LogP contribution in [-0.4, -0.2) is 25.7 Å². The third-order valence-corrected chi connectivity index (χ3v) is 4.76. The Kier molecular flexibility index (Phi) is 2.84. The van der Waals surface area contributed by atoms with Crippen LogP contribution >= 0.6 is 0 Å². The molecule has 1 aromatic rings. The van der Waals surface area contributed by atoms with Gasteiger partial charge in [-0.3, -0.25) is 14.4 Å². The number of hydrogen-bond donors (Lipinski definition) is 1. The molecule has 0 bridgehead atoms. The largest absolute Gasteiger partial charge is 0.466 e. The molecule has 2 N–H and O–H groups in total. The van der Waals surface area contributed by atoms with Gasteiger partial charge < -0.3 is 15.4 Å². The maximum Gasteiger partial charge on any atom is 0.309 e. The fraction of sp³-hybridized carbons (Fsp3) is 0.643. The number of esters is 1. The van der Waals surface area contributed by atoms with Crippen molar-refractivity contribution < 1.29 is 9.53 Å². The molecular formula is C14H18N2O4. The van der Waals surface area contributed by atoms with Crippen LogP contribution in [0.5, 0.6) is 0 Å². The monoisotopic (exact) mass is 278 g/mol. The minimum absolute atomic E-state index is 0.00894. The smallest absolute Gasteiger partial charge is 0.309 e. The van der Waals surface area contributed by atoms with Crippen LogP contribution in [0.2, 0.25) is 0 Å². The number of piperidine rings is 1. The average molecular weight is 278 g/mol. The van der Waals surface area contributed by atoms with Crippen molar-refractivity contribution in [3.63, 3.8) is 0 Å². The Bertz CT molecular complexity index is 621. The summed E-state index contributed by atoms with van der Waals surface area (Å²) in [5.74, 6) is -0.0933. The first-order valence-corrected chi connectivity index (χ1v) is 7.00. The molecule has 1 saturated carbocycles. The second-order valence-corrected chi connectivity index (χ2v) is 5.78. The number of anilines is 2. The Labute approximate surface area is 116 Å². The first-order chi connectivity index (χ1) is 9.50. The molecule has 1 atom stereocenters. The quantitative estimate of drug-likeness (QED) is 0.620. The molecule has 6 nitrogen and oxygen atoms in total. The molecule has 1 spiro atoms. The maximum atomic E-state index is 11.7. The summed E-state index contributed by atoms with van der Waals surface area (Å²) in [5.41, 5.74) is 5.04. The summed E-state index contributed by atoms with van der Waals surface area (Å²) in [6.07, 6.45) is 2.56. The molecule has 2 fully saturated rings. The lowest BCUT2D eigenvalue weighted by Gasteiger charge is -2.34. The summed E-state index contributed by atoms with van der Waals surface area (Å²) < 4.78 is 5.07. The van der Waals surface area contributed by atoms with Gasteiger partial charge >= 0.3 is 5.97 Å². The van der Waals surface area contributed by atoms with Crippen LogP contribution in [0.3, 0.4) is 0 Å². The Hall–Kier alpha value is -1.85. The molecule has 2 aliphatic rings. The predicted molar refractivity (Wildman–Crippen MR) is 74.4 cm³/mol. The van der Waals surface area contributed by atoms with Gasteiger partial charge in [-0.1, -0.05) is 0 Å². The molecule has 1 aliphatic carbocycles. The lowest BCUT2D eigenvalue weighted by atomic mass is 9.90. The van der Waals surface area contributed by atoms with Crippen LogP contribution in [0.25, 0.3) is 0 Å². The summed E-state index contributed by atoms with van der Waals surface area (Å²) in [6, 6.07) is 0. The fourth-order valence-corrected chi connectivity index (χ4v) is 3.36. The normalized spacial score (nSPS) is 24.1. The highest BCUT2D eigenvalue weighted by atomic mass is 16.5. The molecule has 1 saturated heterocycles. The van der Waals surface area contributed by atoms with Crippen molar-refractivity contribution in [1.82, 2.24) is 0 Å². The fourth-order valence-electron chi connectivity index (χ4n) is 3.36. The van der Waals surface area contributed by atoms with E-state index in [2.05, 4.69) is 0 Å². The molecule has 1 aromatic carbocycles. The number of nitrogen functional groups attached to an aromatic ring is 1. The second kappa shape index (κ2) is 4.33. The number of nitrogens with two attached hydrogens (primary N) is 1. The van der Waals surface area contributed by atoms with Gasteiger partial charge in [0.05, 0.1) is 12.5 Å². The van der Waals surface area contributed by atoms with E-state index in [9.17, 15) is 14.4 Å². The van der Waals surface area contributed by atoms with Crippen molar-refractivity contribution in [2.24, 2.45) is 11.3 Å². The van der Waals surface area contributed by atoms with Crippen LogP contribution in [0, 0.1) is 11.3 Å². The van der Waals surface area contributed by atoms with E-state index in [-0.39, 0.29) is 23.0 Å². The number of rotatable bonds is 3. The van der Waals surface area contributed by atoms with Crippen molar-refractivity contribution in [3.8, 4) is 0 Å². The van der Waals surface area contributed by atoms with E-state index in [1.165, 1.54) is 0 Å². The third kappa shape index (κ3) is 1.74. The summed E-state index contributed by atoms with van der Waals surface area (Å²) in [4.78, 5) is 36.3. The first-order valence-electron chi connectivity index (χ1n) is 7.00. The van der Waals surface area contributed by atoms with Crippen LogP contribution in [0.15, 0.2) is 9.59 Å². The standard InChI is InChI=1S/C14H18N2O4/c1-2-20-13(19)8-7-14(8)3-5-16(6-4-14)10-9(15)11(17)12(10)18/h8H,2-7,15H2,1H3. The van der Waals surface area contributed by atoms with Gasteiger partial charge in [-0.25, -0.2) is 0 Å². The van der Waals surface area contributed by atoms with E-state index in [1.54, 1.807) is 0 Å². The minimum atomic E-state index is -0.573. The van der Waals surface area contributed by atoms with Gasteiger partial charge in [0, 0.05) is 13.1 Å². The van der Waals surface area contributed by atoms with Crippen LogP contribution in [0.1, 0.15) is 26.2 Å². The van der Waals surface area contributed by atoms with Gasteiger partial charge in [-0.2, -0.15) is 0 Å². The van der Waals surface area contributed by atoms with Crippen LogP contribution < -0.4 is 21.5 Å². The summed E-state index contributed by atoms with van der Waals surface area (Å²) >= 11 is 0. The van der Waals surface area contributed by atoms with E-state index >= 15 is 0 Å².